The van der Waals surface area contributed by atoms with Gasteiger partial charge in [-0.15, -0.1) is 0 Å². The molecule has 18 heavy (non-hydrogen) atoms. The van der Waals surface area contributed by atoms with E-state index in [9.17, 15) is 9.90 Å². The Hall–Kier alpha value is -1.55. The minimum absolute atomic E-state index is 0.359. The molecule has 2 rings (SSSR count). The molecule has 0 radical (unpaired) electrons. The van der Waals surface area contributed by atoms with E-state index in [0.29, 0.717) is 13.0 Å². The van der Waals surface area contributed by atoms with E-state index in [-0.39, 0.29) is 6.09 Å². The van der Waals surface area contributed by atoms with Crippen molar-refractivity contribution in [2.75, 3.05) is 11.4 Å². The first-order valence-corrected chi connectivity index (χ1v) is 6.16. The van der Waals surface area contributed by atoms with Crippen LogP contribution in [-0.2, 0) is 4.74 Å². The van der Waals surface area contributed by atoms with Gasteiger partial charge in [0.1, 0.15) is 5.60 Å². The van der Waals surface area contributed by atoms with Crippen LogP contribution in [0.2, 0.25) is 0 Å². The predicted octanol–water partition coefficient (Wildman–Crippen LogP) is 2.87. The van der Waals surface area contributed by atoms with E-state index < -0.39 is 11.7 Å². The zero-order valence-electron chi connectivity index (χ0n) is 11.0. The number of anilines is 1. The molecule has 1 amide bonds. The van der Waals surface area contributed by atoms with Crippen molar-refractivity contribution in [3.05, 3.63) is 29.8 Å². The number of rotatable bonds is 0. The van der Waals surface area contributed by atoms with Gasteiger partial charge in [-0.2, -0.15) is 0 Å². The van der Waals surface area contributed by atoms with E-state index in [0.717, 1.165) is 11.3 Å². The van der Waals surface area contributed by atoms with Crippen molar-refractivity contribution in [1.82, 2.24) is 0 Å². The second-order valence-corrected chi connectivity index (χ2v) is 5.50. The molecule has 1 aliphatic rings. The summed E-state index contributed by atoms with van der Waals surface area (Å²) in [4.78, 5) is 13.7. The lowest BCUT2D eigenvalue weighted by atomic mass is 9.99. The van der Waals surface area contributed by atoms with Crippen molar-refractivity contribution in [3.8, 4) is 0 Å². The van der Waals surface area contributed by atoms with E-state index in [4.69, 9.17) is 4.74 Å². The second-order valence-electron chi connectivity index (χ2n) is 5.50. The van der Waals surface area contributed by atoms with Crippen LogP contribution in [-0.4, -0.2) is 23.3 Å². The highest BCUT2D eigenvalue weighted by Gasteiger charge is 2.30. The lowest BCUT2D eigenvalue weighted by Crippen LogP contribution is -2.40. The zero-order chi connectivity index (χ0) is 13.3. The molecule has 4 heteroatoms. The Kier molecular flexibility index (Phi) is 3.30. The molecule has 0 saturated carbocycles. The minimum atomic E-state index is -0.512. The summed E-state index contributed by atoms with van der Waals surface area (Å²) in [6.45, 7) is 6.01. The van der Waals surface area contributed by atoms with Crippen molar-refractivity contribution in [3.63, 3.8) is 0 Å². The molecule has 1 aromatic rings. The molecule has 0 bridgehead atoms. The van der Waals surface area contributed by atoms with E-state index in [1.54, 1.807) is 4.90 Å². The van der Waals surface area contributed by atoms with Gasteiger partial charge >= 0.3 is 6.09 Å². The van der Waals surface area contributed by atoms with Crippen LogP contribution in [0, 0.1) is 0 Å². The Balaban J connectivity index is 2.26. The van der Waals surface area contributed by atoms with Crippen molar-refractivity contribution >= 4 is 11.8 Å². The largest absolute Gasteiger partial charge is 0.443 e. The number of hydrogen-bond acceptors (Lipinski definition) is 3. The van der Waals surface area contributed by atoms with E-state index in [2.05, 4.69) is 0 Å². The molecule has 0 aromatic heterocycles. The van der Waals surface area contributed by atoms with Gasteiger partial charge in [0, 0.05) is 12.1 Å². The highest BCUT2D eigenvalue weighted by molar-refractivity contribution is 5.89. The van der Waals surface area contributed by atoms with Crippen molar-refractivity contribution < 1.29 is 14.6 Å². The number of hydrogen-bond donors (Lipinski definition) is 1. The smallest absolute Gasteiger partial charge is 0.414 e. The normalized spacial score (nSPS) is 19.3. The lowest BCUT2D eigenvalue weighted by Gasteiger charge is -2.33. The quantitative estimate of drug-likeness (QED) is 0.769. The van der Waals surface area contributed by atoms with Gasteiger partial charge in [0.15, 0.2) is 0 Å². The SMILES string of the molecule is CC(C)(C)OC(=O)N1CC[C@H](O)c2ccccc21. The Labute approximate surface area is 107 Å². The van der Waals surface area contributed by atoms with Crippen LogP contribution in [0.5, 0.6) is 0 Å². The maximum atomic E-state index is 12.1. The summed E-state index contributed by atoms with van der Waals surface area (Å²) in [5, 5.41) is 9.91. The van der Waals surface area contributed by atoms with Crippen molar-refractivity contribution in [2.24, 2.45) is 0 Å². The first kappa shape index (κ1) is 12.9. The lowest BCUT2D eigenvalue weighted by molar-refractivity contribution is 0.0565. The number of aliphatic hydroxyl groups excluding tert-OH is 1. The topological polar surface area (TPSA) is 49.8 Å². The molecule has 0 fully saturated rings. The summed E-state index contributed by atoms with van der Waals surface area (Å²) < 4.78 is 5.37. The maximum Gasteiger partial charge on any atom is 0.414 e. The van der Waals surface area contributed by atoms with Gasteiger partial charge in [0.25, 0.3) is 0 Å². The van der Waals surface area contributed by atoms with Crippen LogP contribution in [0.25, 0.3) is 0 Å². The first-order chi connectivity index (χ1) is 8.38. The summed E-state index contributed by atoms with van der Waals surface area (Å²) in [6, 6.07) is 7.40. The van der Waals surface area contributed by atoms with E-state index >= 15 is 0 Å². The monoisotopic (exact) mass is 249 g/mol. The second kappa shape index (κ2) is 4.61. The fourth-order valence-corrected chi connectivity index (χ4v) is 2.05. The van der Waals surface area contributed by atoms with E-state index in [1.807, 2.05) is 45.0 Å². The number of fused-ring (bicyclic) bond motifs is 1. The summed E-state index contributed by atoms with van der Waals surface area (Å²) in [7, 11) is 0. The molecule has 1 atom stereocenters. The average Bonchev–Trinajstić information content (AvgIpc) is 2.27. The summed E-state index contributed by atoms with van der Waals surface area (Å²) >= 11 is 0. The Morgan fingerprint density at radius 3 is 2.72 bits per heavy atom. The number of para-hydroxylation sites is 1. The third-order valence-corrected chi connectivity index (χ3v) is 2.83. The highest BCUT2D eigenvalue weighted by Crippen LogP contribution is 2.34. The van der Waals surface area contributed by atoms with Crippen LogP contribution in [0.1, 0.15) is 38.9 Å². The predicted molar refractivity (Wildman–Crippen MR) is 69.6 cm³/mol. The maximum absolute atomic E-state index is 12.1. The third-order valence-electron chi connectivity index (χ3n) is 2.83. The molecular weight excluding hydrogens is 230 g/mol. The van der Waals surface area contributed by atoms with Gasteiger partial charge in [-0.25, -0.2) is 4.79 Å². The highest BCUT2D eigenvalue weighted by atomic mass is 16.6. The number of benzene rings is 1. The number of ether oxygens (including phenoxy) is 1. The van der Waals surface area contributed by atoms with Gasteiger partial charge < -0.3 is 9.84 Å². The number of amides is 1. The molecule has 0 spiro atoms. The number of carbonyl (C=O) groups is 1. The van der Waals surface area contributed by atoms with Crippen LogP contribution >= 0.6 is 0 Å². The van der Waals surface area contributed by atoms with Crippen LogP contribution in [0.4, 0.5) is 10.5 Å². The third kappa shape index (κ3) is 2.64. The molecule has 1 aliphatic heterocycles. The molecule has 98 valence electrons. The summed E-state index contributed by atoms with van der Waals surface area (Å²) in [5.74, 6) is 0. The molecular formula is C14H19NO3. The molecule has 0 aliphatic carbocycles. The van der Waals surface area contributed by atoms with Crippen LogP contribution in [0.3, 0.4) is 0 Å². The molecule has 0 saturated heterocycles. The summed E-state index contributed by atoms with van der Waals surface area (Å²) in [6.07, 6.45) is -0.322. The Morgan fingerprint density at radius 2 is 2.06 bits per heavy atom. The number of nitrogens with zero attached hydrogens (tertiary/aromatic N) is 1. The molecule has 0 unspecified atom stereocenters. The zero-order valence-corrected chi connectivity index (χ0v) is 11.0. The fraction of sp³-hybridized carbons (Fsp3) is 0.500. The van der Waals surface area contributed by atoms with Gasteiger partial charge in [0.05, 0.1) is 11.8 Å². The van der Waals surface area contributed by atoms with Crippen LogP contribution < -0.4 is 4.90 Å². The molecule has 1 N–H and O–H groups in total. The number of carbonyl (C=O) groups excluding carboxylic acids is 1. The minimum Gasteiger partial charge on any atom is -0.443 e. The summed E-state index contributed by atoms with van der Waals surface area (Å²) in [5.41, 5.74) is 1.02. The van der Waals surface area contributed by atoms with Crippen LogP contribution in [0.15, 0.2) is 24.3 Å². The van der Waals surface area contributed by atoms with Crippen molar-refractivity contribution in [1.29, 1.82) is 0 Å². The first-order valence-electron chi connectivity index (χ1n) is 6.16. The van der Waals surface area contributed by atoms with Gasteiger partial charge in [0.2, 0.25) is 0 Å². The van der Waals surface area contributed by atoms with Gasteiger partial charge in [-0.1, -0.05) is 18.2 Å². The molecule has 1 aromatic carbocycles. The molecule has 1 heterocycles. The van der Waals surface area contributed by atoms with Gasteiger partial charge in [-0.3, -0.25) is 4.90 Å². The Morgan fingerprint density at radius 1 is 1.39 bits per heavy atom. The average molecular weight is 249 g/mol. The fourth-order valence-electron chi connectivity index (χ4n) is 2.05. The standard InChI is InChI=1S/C14H19NO3/c1-14(2,3)18-13(17)15-9-8-12(16)10-6-4-5-7-11(10)15/h4-7,12,16H,8-9H2,1-3H3/t12-/m0/s1. The van der Waals surface area contributed by atoms with Gasteiger partial charge in [-0.05, 0) is 33.3 Å². The number of aliphatic hydroxyl groups is 1. The molecule has 4 nitrogen and oxygen atoms in total. The van der Waals surface area contributed by atoms with E-state index in [1.165, 1.54) is 0 Å². The van der Waals surface area contributed by atoms with Crippen molar-refractivity contribution in [2.45, 2.75) is 38.9 Å². The Bertz CT molecular complexity index is 451.